The molecule has 0 radical (unpaired) electrons. The van der Waals surface area contributed by atoms with Crippen molar-refractivity contribution in [2.45, 2.75) is 19.9 Å². The number of hydrogen-bond acceptors (Lipinski definition) is 5. The van der Waals surface area contributed by atoms with Gasteiger partial charge in [-0.25, -0.2) is 13.2 Å². The summed E-state index contributed by atoms with van der Waals surface area (Å²) >= 11 is 12.0. The Morgan fingerprint density at radius 3 is 2.38 bits per heavy atom. The number of ether oxygens (including phenoxy) is 1. The van der Waals surface area contributed by atoms with Gasteiger partial charge in [-0.3, -0.25) is 9.10 Å². The van der Waals surface area contributed by atoms with Crippen molar-refractivity contribution in [1.82, 2.24) is 0 Å². The van der Waals surface area contributed by atoms with E-state index in [0.29, 0.717) is 16.3 Å². The highest BCUT2D eigenvalue weighted by atomic mass is 35.5. The first-order chi connectivity index (χ1) is 13.5. The number of carbonyl (C=O) groups excluding carboxylic acids is 2. The SMILES string of the molecule is COC(=O)c1cc(NC(=O)[C@H](C)N(c2cc(Cl)ccc2C)S(C)(=O)=O)ccc1Cl. The molecule has 0 aromatic heterocycles. The largest absolute Gasteiger partial charge is 0.465 e. The van der Waals surface area contributed by atoms with E-state index >= 15 is 0 Å². The van der Waals surface area contributed by atoms with Crippen LogP contribution < -0.4 is 9.62 Å². The molecular formula is C19H20Cl2N2O5S. The van der Waals surface area contributed by atoms with Crippen molar-refractivity contribution < 1.29 is 22.7 Å². The van der Waals surface area contributed by atoms with Crippen LogP contribution in [0.1, 0.15) is 22.8 Å². The Labute approximate surface area is 179 Å². The van der Waals surface area contributed by atoms with E-state index in [1.54, 1.807) is 19.1 Å². The molecule has 0 aliphatic heterocycles. The van der Waals surface area contributed by atoms with Crippen LogP contribution in [-0.4, -0.2) is 39.7 Å². The average Bonchev–Trinajstić information content (AvgIpc) is 2.64. The molecule has 2 aromatic carbocycles. The third kappa shape index (κ3) is 5.41. The summed E-state index contributed by atoms with van der Waals surface area (Å²) in [6.45, 7) is 3.17. The standard InChI is InChI=1S/C19H20Cl2N2O5S/c1-11-5-6-13(20)9-17(11)23(29(4,26)27)12(2)18(24)22-14-7-8-16(21)15(10-14)19(25)28-3/h5-10,12H,1-4H3,(H,22,24)/t12-/m0/s1. The van der Waals surface area contributed by atoms with Crippen molar-refractivity contribution in [3.05, 3.63) is 57.6 Å². The lowest BCUT2D eigenvalue weighted by molar-refractivity contribution is -0.116. The normalized spacial score (nSPS) is 12.2. The van der Waals surface area contributed by atoms with Crippen LogP contribution in [0.3, 0.4) is 0 Å². The fourth-order valence-corrected chi connectivity index (χ4v) is 4.30. The van der Waals surface area contributed by atoms with Gasteiger partial charge in [0.05, 0.1) is 29.6 Å². The first-order valence-corrected chi connectivity index (χ1v) is 11.0. The van der Waals surface area contributed by atoms with Gasteiger partial charge in [0.25, 0.3) is 0 Å². The number of sulfonamides is 1. The van der Waals surface area contributed by atoms with E-state index in [-0.39, 0.29) is 16.3 Å². The summed E-state index contributed by atoms with van der Waals surface area (Å²) in [5, 5.41) is 3.10. The average molecular weight is 459 g/mol. The fraction of sp³-hybridized carbons (Fsp3) is 0.263. The van der Waals surface area contributed by atoms with Crippen molar-refractivity contribution in [3.63, 3.8) is 0 Å². The van der Waals surface area contributed by atoms with E-state index < -0.39 is 27.9 Å². The lowest BCUT2D eigenvalue weighted by Gasteiger charge is -2.29. The van der Waals surface area contributed by atoms with Crippen molar-refractivity contribution >= 4 is 56.5 Å². The molecule has 0 aliphatic carbocycles. The highest BCUT2D eigenvalue weighted by molar-refractivity contribution is 7.92. The Hall–Kier alpha value is -2.29. The molecule has 0 unspecified atom stereocenters. The number of benzene rings is 2. The maximum absolute atomic E-state index is 12.8. The Morgan fingerprint density at radius 1 is 1.14 bits per heavy atom. The van der Waals surface area contributed by atoms with Crippen LogP contribution >= 0.6 is 23.2 Å². The van der Waals surface area contributed by atoms with Crippen molar-refractivity contribution in [2.75, 3.05) is 23.0 Å². The van der Waals surface area contributed by atoms with Crippen LogP contribution in [-0.2, 0) is 19.6 Å². The van der Waals surface area contributed by atoms with Crippen LogP contribution in [0.5, 0.6) is 0 Å². The van der Waals surface area contributed by atoms with Crippen LogP contribution in [0.25, 0.3) is 0 Å². The third-order valence-corrected chi connectivity index (χ3v) is 5.93. The summed E-state index contributed by atoms with van der Waals surface area (Å²) < 4.78 is 30.5. The van der Waals surface area contributed by atoms with E-state index in [1.807, 2.05) is 0 Å². The van der Waals surface area contributed by atoms with Gasteiger partial charge in [0.15, 0.2) is 0 Å². The minimum absolute atomic E-state index is 0.0743. The third-order valence-electron chi connectivity index (χ3n) is 4.14. The molecule has 1 N–H and O–H groups in total. The number of methoxy groups -OCH3 is 1. The zero-order valence-electron chi connectivity index (χ0n) is 16.2. The smallest absolute Gasteiger partial charge is 0.339 e. The highest BCUT2D eigenvalue weighted by Crippen LogP contribution is 2.29. The summed E-state index contributed by atoms with van der Waals surface area (Å²) in [6, 6.07) is 7.97. The predicted octanol–water partition coefficient (Wildman–Crippen LogP) is 3.88. The van der Waals surface area contributed by atoms with Crippen LogP contribution in [0, 0.1) is 6.92 Å². The molecule has 0 aliphatic rings. The van der Waals surface area contributed by atoms with Gasteiger partial charge in [0.2, 0.25) is 15.9 Å². The number of carbonyl (C=O) groups is 2. The summed E-state index contributed by atoms with van der Waals surface area (Å²) in [4.78, 5) is 24.6. The molecule has 0 saturated carbocycles. The molecule has 2 aromatic rings. The number of rotatable bonds is 6. The van der Waals surface area contributed by atoms with Crippen molar-refractivity contribution in [3.8, 4) is 0 Å². The zero-order valence-corrected chi connectivity index (χ0v) is 18.5. The number of amides is 1. The fourth-order valence-electron chi connectivity index (χ4n) is 2.72. The highest BCUT2D eigenvalue weighted by Gasteiger charge is 2.30. The Balaban J connectivity index is 2.38. The maximum atomic E-state index is 12.8. The summed E-state index contributed by atoms with van der Waals surface area (Å²) in [5.41, 5.74) is 1.28. The monoisotopic (exact) mass is 458 g/mol. The molecule has 10 heteroatoms. The minimum Gasteiger partial charge on any atom is -0.465 e. The van der Waals surface area contributed by atoms with E-state index in [2.05, 4.69) is 10.1 Å². The Morgan fingerprint density at radius 2 is 1.79 bits per heavy atom. The number of hydrogen-bond donors (Lipinski definition) is 1. The first-order valence-electron chi connectivity index (χ1n) is 8.40. The molecule has 156 valence electrons. The lowest BCUT2D eigenvalue weighted by Crippen LogP contribution is -2.45. The molecule has 1 amide bonds. The van der Waals surface area contributed by atoms with Gasteiger partial charge >= 0.3 is 5.97 Å². The van der Waals surface area contributed by atoms with E-state index in [1.165, 1.54) is 38.3 Å². The molecule has 29 heavy (non-hydrogen) atoms. The van der Waals surface area contributed by atoms with Gasteiger partial charge in [-0.05, 0) is 49.7 Å². The van der Waals surface area contributed by atoms with Crippen LogP contribution in [0.15, 0.2) is 36.4 Å². The topological polar surface area (TPSA) is 92.8 Å². The first kappa shape index (κ1) is 23.0. The lowest BCUT2D eigenvalue weighted by atomic mass is 10.1. The molecule has 0 heterocycles. The number of nitrogens with one attached hydrogen (secondary N) is 1. The van der Waals surface area contributed by atoms with Gasteiger partial charge < -0.3 is 10.1 Å². The van der Waals surface area contributed by atoms with Crippen LogP contribution in [0.4, 0.5) is 11.4 Å². The molecule has 7 nitrogen and oxygen atoms in total. The molecule has 0 fully saturated rings. The van der Waals surface area contributed by atoms with Crippen molar-refractivity contribution in [2.24, 2.45) is 0 Å². The zero-order chi connectivity index (χ0) is 21.9. The van der Waals surface area contributed by atoms with E-state index in [9.17, 15) is 18.0 Å². The van der Waals surface area contributed by atoms with Gasteiger partial charge in [-0.2, -0.15) is 0 Å². The molecule has 1 atom stereocenters. The van der Waals surface area contributed by atoms with Gasteiger partial charge in [0.1, 0.15) is 6.04 Å². The van der Waals surface area contributed by atoms with Crippen LogP contribution in [0.2, 0.25) is 10.0 Å². The number of aryl methyl sites for hydroxylation is 1. The molecule has 0 bridgehead atoms. The quantitative estimate of drug-likeness (QED) is 0.662. The Kier molecular flexibility index (Phi) is 7.15. The van der Waals surface area contributed by atoms with Gasteiger partial charge in [0, 0.05) is 10.7 Å². The summed E-state index contributed by atoms with van der Waals surface area (Å²) in [7, 11) is -2.60. The van der Waals surface area contributed by atoms with Crippen molar-refractivity contribution in [1.29, 1.82) is 0 Å². The number of nitrogens with zero attached hydrogens (tertiary/aromatic N) is 1. The molecular weight excluding hydrogens is 439 g/mol. The van der Waals surface area contributed by atoms with E-state index in [0.717, 1.165) is 10.6 Å². The second kappa shape index (κ2) is 9.02. The number of anilines is 2. The Bertz CT molecular complexity index is 1060. The second-order valence-corrected chi connectivity index (χ2v) is 9.04. The molecule has 0 saturated heterocycles. The molecule has 0 spiro atoms. The van der Waals surface area contributed by atoms with Gasteiger partial charge in [-0.1, -0.05) is 29.3 Å². The number of esters is 1. The minimum atomic E-state index is -3.81. The summed E-state index contributed by atoms with van der Waals surface area (Å²) in [5.74, 6) is -1.26. The second-order valence-electron chi connectivity index (χ2n) is 6.34. The van der Waals surface area contributed by atoms with Gasteiger partial charge in [-0.15, -0.1) is 0 Å². The predicted molar refractivity (Wildman–Crippen MR) is 114 cm³/mol. The maximum Gasteiger partial charge on any atom is 0.339 e. The van der Waals surface area contributed by atoms with E-state index in [4.69, 9.17) is 23.2 Å². The number of halogens is 2. The molecule has 2 rings (SSSR count). The summed E-state index contributed by atoms with van der Waals surface area (Å²) in [6.07, 6.45) is 1.01.